The number of halogens is 1. The highest BCUT2D eigenvalue weighted by atomic mass is 32.2. The van der Waals surface area contributed by atoms with Crippen molar-refractivity contribution in [2.45, 2.75) is 44.4 Å². The Hall–Kier alpha value is -2.29. The van der Waals surface area contributed by atoms with Crippen molar-refractivity contribution in [2.24, 2.45) is 0 Å². The molecule has 2 aromatic carbocycles. The maximum Gasteiger partial charge on any atom is 0.255 e. The summed E-state index contributed by atoms with van der Waals surface area (Å²) >= 11 is 0. The summed E-state index contributed by atoms with van der Waals surface area (Å²) in [5.41, 5.74) is 2.78. The quantitative estimate of drug-likeness (QED) is 0.713. The van der Waals surface area contributed by atoms with E-state index in [1.807, 2.05) is 45.9 Å². The van der Waals surface area contributed by atoms with E-state index in [0.29, 0.717) is 0 Å². The molecule has 31 heavy (non-hydrogen) atoms. The highest BCUT2D eigenvalue weighted by molar-refractivity contribution is 7.89. The van der Waals surface area contributed by atoms with Crippen molar-refractivity contribution in [3.8, 4) is 0 Å². The summed E-state index contributed by atoms with van der Waals surface area (Å²) in [4.78, 5) is 12.6. The summed E-state index contributed by atoms with van der Waals surface area (Å²) in [6.07, 6.45) is 0. The lowest BCUT2D eigenvalue weighted by Gasteiger charge is -2.26. The zero-order chi connectivity index (χ0) is 22.8. The van der Waals surface area contributed by atoms with E-state index >= 15 is 0 Å². The Kier molecular flexibility index (Phi) is 7.13. The number of carbonyl (C=O) groups is 1. The topological polar surface area (TPSA) is 75.7 Å². The predicted octanol–water partition coefficient (Wildman–Crippen LogP) is 4.35. The Balaban J connectivity index is 1.97. The number of benzene rings is 2. The van der Waals surface area contributed by atoms with Gasteiger partial charge in [0.15, 0.2) is 0 Å². The van der Waals surface area contributed by atoms with Crippen LogP contribution < -0.4 is 5.32 Å². The number of carbonyl (C=O) groups excluding carboxylic acids is 1. The molecular weight excluding hydrogens is 419 g/mol. The van der Waals surface area contributed by atoms with Gasteiger partial charge in [-0.25, -0.2) is 12.8 Å². The first-order valence-electron chi connectivity index (χ1n) is 10.4. The number of hydrogen-bond acceptors (Lipinski definition) is 4. The lowest BCUT2D eigenvalue weighted by atomic mass is 9.92. The summed E-state index contributed by atoms with van der Waals surface area (Å²) < 4.78 is 46.7. The average Bonchev–Trinajstić information content (AvgIpc) is 2.74. The smallest absolute Gasteiger partial charge is 0.255 e. The number of anilines is 1. The molecule has 1 heterocycles. The third kappa shape index (κ3) is 4.97. The Morgan fingerprint density at radius 1 is 1.03 bits per heavy atom. The molecule has 1 saturated heterocycles. The van der Waals surface area contributed by atoms with E-state index in [9.17, 15) is 17.6 Å². The second-order valence-corrected chi connectivity index (χ2v) is 10.1. The van der Waals surface area contributed by atoms with Crippen LogP contribution in [0.15, 0.2) is 41.3 Å². The van der Waals surface area contributed by atoms with Crippen LogP contribution in [0.25, 0.3) is 0 Å². The largest absolute Gasteiger partial charge is 0.379 e. The van der Waals surface area contributed by atoms with Crippen LogP contribution in [-0.4, -0.2) is 44.9 Å². The third-order valence-corrected chi connectivity index (χ3v) is 7.31. The van der Waals surface area contributed by atoms with Gasteiger partial charge in [-0.2, -0.15) is 4.31 Å². The van der Waals surface area contributed by atoms with Crippen molar-refractivity contribution in [2.75, 3.05) is 31.6 Å². The first-order valence-corrected chi connectivity index (χ1v) is 11.9. The van der Waals surface area contributed by atoms with Crippen LogP contribution in [0, 0.1) is 5.82 Å². The molecule has 6 nitrogen and oxygen atoms in total. The van der Waals surface area contributed by atoms with Gasteiger partial charge in [0, 0.05) is 24.3 Å². The SMILES string of the molecule is CC(C)c1cccc(C(C)C)c1NC(=O)c1ccc(F)c(S(=O)(=O)N2CCOCC2)c1. The average molecular weight is 449 g/mol. The molecular formula is C23H29FN2O4S. The zero-order valence-electron chi connectivity index (χ0n) is 18.3. The number of amides is 1. The van der Waals surface area contributed by atoms with Gasteiger partial charge in [0.1, 0.15) is 10.7 Å². The summed E-state index contributed by atoms with van der Waals surface area (Å²) in [6.45, 7) is 8.98. The molecule has 2 aromatic rings. The van der Waals surface area contributed by atoms with Crippen LogP contribution in [-0.2, 0) is 14.8 Å². The Bertz CT molecular complexity index is 1030. The van der Waals surface area contributed by atoms with Crippen LogP contribution in [0.1, 0.15) is 61.0 Å². The second-order valence-electron chi connectivity index (χ2n) is 8.24. The molecule has 0 bridgehead atoms. The van der Waals surface area contributed by atoms with Crippen LogP contribution in [0.4, 0.5) is 10.1 Å². The number of nitrogens with zero attached hydrogens (tertiary/aromatic N) is 1. The fourth-order valence-corrected chi connectivity index (χ4v) is 5.15. The minimum Gasteiger partial charge on any atom is -0.379 e. The van der Waals surface area contributed by atoms with Gasteiger partial charge in [0.2, 0.25) is 10.0 Å². The maximum absolute atomic E-state index is 14.5. The van der Waals surface area contributed by atoms with Crippen molar-refractivity contribution in [1.29, 1.82) is 0 Å². The Morgan fingerprint density at radius 3 is 2.16 bits per heavy atom. The van der Waals surface area contributed by atoms with Gasteiger partial charge in [-0.1, -0.05) is 45.9 Å². The van der Waals surface area contributed by atoms with E-state index in [-0.39, 0.29) is 43.7 Å². The van der Waals surface area contributed by atoms with E-state index < -0.39 is 26.6 Å². The molecule has 1 aliphatic rings. The highest BCUT2D eigenvalue weighted by Crippen LogP contribution is 2.33. The molecule has 0 spiro atoms. The highest BCUT2D eigenvalue weighted by Gasteiger charge is 2.30. The molecule has 0 unspecified atom stereocenters. The number of ether oxygens (including phenoxy) is 1. The van der Waals surface area contributed by atoms with Crippen molar-refractivity contribution >= 4 is 21.6 Å². The van der Waals surface area contributed by atoms with Gasteiger partial charge < -0.3 is 10.1 Å². The number of hydrogen-bond donors (Lipinski definition) is 1. The molecule has 1 N–H and O–H groups in total. The third-order valence-electron chi connectivity index (χ3n) is 5.39. The first-order chi connectivity index (χ1) is 14.6. The van der Waals surface area contributed by atoms with Gasteiger partial charge >= 0.3 is 0 Å². The molecule has 1 aliphatic heterocycles. The van der Waals surface area contributed by atoms with Crippen molar-refractivity contribution in [3.63, 3.8) is 0 Å². The van der Waals surface area contributed by atoms with E-state index in [1.165, 1.54) is 10.4 Å². The molecule has 168 valence electrons. The number of sulfonamides is 1. The van der Waals surface area contributed by atoms with Crippen molar-refractivity contribution in [3.05, 3.63) is 58.9 Å². The summed E-state index contributed by atoms with van der Waals surface area (Å²) in [6, 6.07) is 9.33. The van der Waals surface area contributed by atoms with Crippen molar-refractivity contribution in [1.82, 2.24) is 4.31 Å². The molecule has 0 saturated carbocycles. The van der Waals surface area contributed by atoms with Gasteiger partial charge in [0.25, 0.3) is 5.91 Å². The monoisotopic (exact) mass is 448 g/mol. The van der Waals surface area contributed by atoms with Gasteiger partial charge in [-0.15, -0.1) is 0 Å². The lowest BCUT2D eigenvalue weighted by molar-refractivity contribution is 0.0729. The Morgan fingerprint density at radius 2 is 1.61 bits per heavy atom. The second kappa shape index (κ2) is 9.46. The van der Waals surface area contributed by atoms with Gasteiger partial charge in [-0.05, 0) is 41.2 Å². The van der Waals surface area contributed by atoms with Gasteiger partial charge in [0.05, 0.1) is 13.2 Å². The van der Waals surface area contributed by atoms with Crippen molar-refractivity contribution < 1.29 is 22.3 Å². The molecule has 3 rings (SSSR count). The van der Waals surface area contributed by atoms with E-state index in [4.69, 9.17) is 4.74 Å². The summed E-state index contributed by atoms with van der Waals surface area (Å²) in [5.74, 6) is -0.999. The maximum atomic E-state index is 14.5. The molecule has 0 aliphatic carbocycles. The summed E-state index contributed by atoms with van der Waals surface area (Å²) in [5, 5.41) is 2.95. The van der Waals surface area contributed by atoms with Crippen LogP contribution in [0.5, 0.6) is 0 Å². The van der Waals surface area contributed by atoms with E-state index in [0.717, 1.165) is 28.9 Å². The van der Waals surface area contributed by atoms with Crippen LogP contribution in [0.3, 0.4) is 0 Å². The van der Waals surface area contributed by atoms with Gasteiger partial charge in [-0.3, -0.25) is 4.79 Å². The number of para-hydroxylation sites is 1. The van der Waals surface area contributed by atoms with Crippen LogP contribution >= 0.6 is 0 Å². The molecule has 0 atom stereocenters. The minimum atomic E-state index is -4.07. The van der Waals surface area contributed by atoms with E-state index in [2.05, 4.69) is 5.32 Å². The molecule has 1 amide bonds. The minimum absolute atomic E-state index is 0.0847. The number of rotatable bonds is 6. The fourth-order valence-electron chi connectivity index (χ4n) is 3.65. The molecule has 0 aromatic heterocycles. The Labute approximate surface area is 183 Å². The first kappa shape index (κ1) is 23.4. The lowest BCUT2D eigenvalue weighted by Crippen LogP contribution is -2.41. The molecule has 0 radical (unpaired) electrons. The van der Waals surface area contributed by atoms with E-state index in [1.54, 1.807) is 0 Å². The molecule has 8 heteroatoms. The number of nitrogens with one attached hydrogen (secondary N) is 1. The predicted molar refractivity (Wildman–Crippen MR) is 119 cm³/mol. The number of morpholine rings is 1. The summed E-state index contributed by atoms with van der Waals surface area (Å²) in [7, 11) is -4.07. The molecule has 1 fully saturated rings. The standard InChI is InChI=1S/C23H29FN2O4S/c1-15(2)18-6-5-7-19(16(3)4)22(18)25-23(27)17-8-9-20(24)21(14-17)31(28,29)26-10-12-30-13-11-26/h5-9,14-16H,10-13H2,1-4H3,(H,25,27). The fraction of sp³-hybridized carbons (Fsp3) is 0.435. The normalized spacial score (nSPS) is 15.5. The zero-order valence-corrected chi connectivity index (χ0v) is 19.1. The van der Waals surface area contributed by atoms with Crippen LogP contribution in [0.2, 0.25) is 0 Å².